The van der Waals surface area contributed by atoms with Gasteiger partial charge in [0.1, 0.15) is 6.61 Å². The Labute approximate surface area is 344 Å². The second-order valence-corrected chi connectivity index (χ2v) is 16.6. The average molecular weight is 791 g/mol. The standard InChI is InChI=1S/C48H87NO7/c1-6-8-10-12-14-16-18-20-21-22-23-24-25-26-27-29-30-32-34-36-38-46(50)55-43-44(42-54-41-40-45(48(52)53)49(3,4)5)56-47(51)39-37-35-33-31-28-19-17-15-13-11-9-7-2/h8,10,14,16,20-21,44-45H,6-7,9,11-13,15,17-19,22-43H2,1-5H3/p+1/b10-8+,16-14+,21-20+. The Morgan fingerprint density at radius 3 is 1.48 bits per heavy atom. The number of allylic oxidation sites excluding steroid dienone is 6. The van der Waals surface area contributed by atoms with Gasteiger partial charge in [0.25, 0.3) is 0 Å². The van der Waals surface area contributed by atoms with Gasteiger partial charge < -0.3 is 23.8 Å². The van der Waals surface area contributed by atoms with Crippen LogP contribution in [0.5, 0.6) is 0 Å². The van der Waals surface area contributed by atoms with Gasteiger partial charge in [0, 0.05) is 19.3 Å². The van der Waals surface area contributed by atoms with Crippen molar-refractivity contribution in [2.45, 2.75) is 212 Å². The predicted molar refractivity (Wildman–Crippen MR) is 234 cm³/mol. The molecule has 0 radical (unpaired) electrons. The highest BCUT2D eigenvalue weighted by Crippen LogP contribution is 2.15. The van der Waals surface area contributed by atoms with E-state index in [9.17, 15) is 19.5 Å². The number of nitrogens with zero attached hydrogens (tertiary/aromatic N) is 1. The zero-order valence-electron chi connectivity index (χ0n) is 37.1. The van der Waals surface area contributed by atoms with Crippen LogP contribution < -0.4 is 0 Å². The number of ether oxygens (including phenoxy) is 3. The molecule has 0 saturated heterocycles. The number of unbranched alkanes of at least 4 members (excludes halogenated alkanes) is 21. The largest absolute Gasteiger partial charge is 0.477 e. The topological polar surface area (TPSA) is 99.1 Å². The Kier molecular flexibility index (Phi) is 37.7. The quantitative estimate of drug-likeness (QED) is 0.0285. The molecule has 326 valence electrons. The number of carboxylic acid groups (broad SMARTS) is 1. The van der Waals surface area contributed by atoms with Crippen molar-refractivity contribution in [3.05, 3.63) is 36.5 Å². The van der Waals surface area contributed by atoms with E-state index in [1.165, 1.54) is 109 Å². The first kappa shape index (κ1) is 53.6. The van der Waals surface area contributed by atoms with Gasteiger partial charge >= 0.3 is 17.9 Å². The summed E-state index contributed by atoms with van der Waals surface area (Å²) < 4.78 is 17.3. The Morgan fingerprint density at radius 1 is 0.554 bits per heavy atom. The van der Waals surface area contributed by atoms with Crippen LogP contribution in [0.3, 0.4) is 0 Å². The van der Waals surface area contributed by atoms with Crippen molar-refractivity contribution in [1.29, 1.82) is 0 Å². The summed E-state index contributed by atoms with van der Waals surface area (Å²) in [5.41, 5.74) is 0. The van der Waals surface area contributed by atoms with Crippen LogP contribution in [-0.2, 0) is 28.6 Å². The third-order valence-corrected chi connectivity index (χ3v) is 10.3. The zero-order valence-corrected chi connectivity index (χ0v) is 37.1. The van der Waals surface area contributed by atoms with Crippen molar-refractivity contribution >= 4 is 17.9 Å². The van der Waals surface area contributed by atoms with Gasteiger partial charge in [-0.25, -0.2) is 4.79 Å². The van der Waals surface area contributed by atoms with Gasteiger partial charge in [0.15, 0.2) is 12.1 Å². The SMILES string of the molecule is CC/C=C/C/C=C/C/C=C/CCCCCCCCCCCCC(=O)OCC(COCCC(C(=O)O)[N+](C)(C)C)OC(=O)CCCCCCCCCCCCCC. The van der Waals surface area contributed by atoms with Crippen molar-refractivity contribution in [2.24, 2.45) is 0 Å². The Balaban J connectivity index is 4.25. The summed E-state index contributed by atoms with van der Waals surface area (Å²) in [5, 5.41) is 9.62. The van der Waals surface area contributed by atoms with Crippen molar-refractivity contribution in [3.63, 3.8) is 0 Å². The highest BCUT2D eigenvalue weighted by atomic mass is 16.6. The van der Waals surface area contributed by atoms with E-state index < -0.39 is 18.1 Å². The lowest BCUT2D eigenvalue weighted by Gasteiger charge is -2.31. The van der Waals surface area contributed by atoms with E-state index in [1.807, 2.05) is 21.1 Å². The third kappa shape index (κ3) is 37.1. The number of carboxylic acids is 1. The van der Waals surface area contributed by atoms with E-state index in [1.54, 1.807) is 0 Å². The molecule has 56 heavy (non-hydrogen) atoms. The number of hydrogen-bond acceptors (Lipinski definition) is 6. The lowest BCUT2D eigenvalue weighted by Crippen LogP contribution is -2.50. The lowest BCUT2D eigenvalue weighted by atomic mass is 10.0. The fraction of sp³-hybridized carbons (Fsp3) is 0.812. The monoisotopic (exact) mass is 791 g/mol. The molecule has 0 aliphatic rings. The zero-order chi connectivity index (χ0) is 41.4. The molecular formula is C48H88NO7+. The number of carbonyl (C=O) groups excluding carboxylic acids is 2. The molecule has 2 unspecified atom stereocenters. The van der Waals surface area contributed by atoms with Crippen LogP contribution in [-0.4, -0.2) is 80.6 Å². The smallest absolute Gasteiger partial charge is 0.362 e. The second-order valence-electron chi connectivity index (χ2n) is 16.6. The van der Waals surface area contributed by atoms with Gasteiger partial charge in [-0.1, -0.05) is 172 Å². The van der Waals surface area contributed by atoms with Gasteiger partial charge in [0.2, 0.25) is 0 Å². The van der Waals surface area contributed by atoms with Crippen molar-refractivity contribution in [3.8, 4) is 0 Å². The molecule has 0 aromatic heterocycles. The normalized spacial score (nSPS) is 13.2. The van der Waals surface area contributed by atoms with Crippen LogP contribution in [0.4, 0.5) is 0 Å². The third-order valence-electron chi connectivity index (χ3n) is 10.3. The molecule has 0 aromatic rings. The molecule has 0 bridgehead atoms. The minimum atomic E-state index is -0.874. The van der Waals surface area contributed by atoms with E-state index in [4.69, 9.17) is 14.2 Å². The predicted octanol–water partition coefficient (Wildman–Crippen LogP) is 12.6. The van der Waals surface area contributed by atoms with Gasteiger partial charge in [-0.05, 0) is 44.9 Å². The first-order chi connectivity index (χ1) is 27.1. The number of aliphatic carboxylic acids is 1. The maximum absolute atomic E-state index is 12.7. The minimum absolute atomic E-state index is 0.0501. The molecule has 2 atom stereocenters. The number of esters is 2. The molecule has 1 N–H and O–H groups in total. The fourth-order valence-corrected chi connectivity index (χ4v) is 6.75. The van der Waals surface area contributed by atoms with Crippen LogP contribution in [0.1, 0.15) is 200 Å². The van der Waals surface area contributed by atoms with E-state index in [2.05, 4.69) is 50.3 Å². The molecule has 0 saturated carbocycles. The first-order valence-corrected chi connectivity index (χ1v) is 23.0. The van der Waals surface area contributed by atoms with Crippen LogP contribution in [0, 0.1) is 0 Å². The number of quaternary nitrogens is 1. The molecule has 0 heterocycles. The molecule has 0 spiro atoms. The molecule has 0 aliphatic heterocycles. The number of carbonyl (C=O) groups is 3. The summed E-state index contributed by atoms with van der Waals surface area (Å²) in [6.45, 7) is 4.63. The summed E-state index contributed by atoms with van der Waals surface area (Å²) in [6.07, 6.45) is 44.7. The number of hydrogen-bond donors (Lipinski definition) is 1. The summed E-state index contributed by atoms with van der Waals surface area (Å²) in [7, 11) is 5.53. The minimum Gasteiger partial charge on any atom is -0.477 e. The molecule has 0 aliphatic carbocycles. The Bertz CT molecular complexity index is 1020. The maximum atomic E-state index is 12.7. The molecule has 0 aromatic carbocycles. The van der Waals surface area contributed by atoms with Crippen molar-refractivity contribution in [2.75, 3.05) is 41.0 Å². The lowest BCUT2D eigenvalue weighted by molar-refractivity contribution is -0.887. The number of rotatable bonds is 41. The summed E-state index contributed by atoms with van der Waals surface area (Å²) >= 11 is 0. The fourth-order valence-electron chi connectivity index (χ4n) is 6.75. The van der Waals surface area contributed by atoms with Crippen LogP contribution in [0.15, 0.2) is 36.5 Å². The molecule has 0 rings (SSSR count). The average Bonchev–Trinajstić information content (AvgIpc) is 3.15. The highest BCUT2D eigenvalue weighted by Gasteiger charge is 2.31. The van der Waals surface area contributed by atoms with Gasteiger partial charge in [-0.3, -0.25) is 9.59 Å². The second kappa shape index (κ2) is 39.4. The van der Waals surface area contributed by atoms with Crippen molar-refractivity contribution in [1.82, 2.24) is 0 Å². The van der Waals surface area contributed by atoms with Gasteiger partial charge in [-0.2, -0.15) is 0 Å². The van der Waals surface area contributed by atoms with Crippen LogP contribution in [0.2, 0.25) is 0 Å². The van der Waals surface area contributed by atoms with E-state index in [0.717, 1.165) is 57.8 Å². The summed E-state index contributed by atoms with van der Waals surface area (Å²) in [4.78, 5) is 37.0. The molecular weight excluding hydrogens is 703 g/mol. The summed E-state index contributed by atoms with van der Waals surface area (Å²) in [5.74, 6) is -1.46. The van der Waals surface area contributed by atoms with E-state index >= 15 is 0 Å². The molecule has 8 heteroatoms. The maximum Gasteiger partial charge on any atom is 0.362 e. The van der Waals surface area contributed by atoms with Gasteiger partial charge in [-0.15, -0.1) is 0 Å². The van der Waals surface area contributed by atoms with Crippen LogP contribution in [0.25, 0.3) is 0 Å². The van der Waals surface area contributed by atoms with Gasteiger partial charge in [0.05, 0.1) is 34.4 Å². The molecule has 0 fully saturated rings. The molecule has 8 nitrogen and oxygen atoms in total. The van der Waals surface area contributed by atoms with Crippen molar-refractivity contribution < 1.29 is 38.2 Å². The van der Waals surface area contributed by atoms with E-state index in [-0.39, 0.29) is 36.2 Å². The summed E-state index contributed by atoms with van der Waals surface area (Å²) in [6, 6.07) is -0.612. The Hall–Kier alpha value is -2.45. The highest BCUT2D eigenvalue weighted by molar-refractivity contribution is 5.72. The number of likely N-dealkylation sites (N-methyl/N-ethyl adjacent to an activating group) is 1. The Morgan fingerprint density at radius 2 is 1.00 bits per heavy atom. The van der Waals surface area contributed by atoms with E-state index in [0.29, 0.717) is 19.3 Å². The first-order valence-electron chi connectivity index (χ1n) is 23.0. The molecule has 0 amide bonds. The van der Waals surface area contributed by atoms with Crippen LogP contribution >= 0.6 is 0 Å².